The number of benzene rings is 1. The van der Waals surface area contributed by atoms with Crippen LogP contribution in [0, 0.1) is 36.0 Å². The number of thiazole rings is 1. The van der Waals surface area contributed by atoms with E-state index >= 15 is 0 Å². The Bertz CT molecular complexity index is 1420. The maximum absolute atomic E-state index is 13.1. The first kappa shape index (κ1) is 40.8. The highest BCUT2D eigenvalue weighted by Crippen LogP contribution is 2.50. The van der Waals surface area contributed by atoms with Crippen molar-refractivity contribution >= 4 is 29.6 Å². The number of piperidine rings is 1. The standard InChI is InChI=1S/C21H36F2N2O.C17H19N3O2S.CH4O/c1-14(20(2,3)4)24-19(26)11-15-9-17(10-15)16-5-7-25(8-6-16)13-18-12-21(18,22)23;1-12-16(23-10-19-12)14-6-4-13(5-7-14)9-18-17(22)15-3-2-8-20(15)11-21;1-2/h14-18H,5-13H2,1-4H3,(H,24,26);4-7,10-11,15H,2-3,8-9H2,1H3,(H,18,22);2H,1H3. The largest absolute Gasteiger partial charge is 0.400 e. The minimum absolute atomic E-state index is 0.0722. The van der Waals surface area contributed by atoms with Gasteiger partial charge in [0.25, 0.3) is 5.92 Å². The fourth-order valence-corrected chi connectivity index (χ4v) is 8.17. The number of aliphatic hydroxyl groups excluding tert-OH is 1. The monoisotopic (exact) mass is 731 g/mol. The SMILES string of the molecule is CC(NC(=O)CC1CC(C2CCN(CC3CC3(F)F)CC2)C1)C(C)(C)C.CO.Cc1ncsc1-c1ccc(CNC(=O)C2CCCN2C=O)cc1. The molecule has 3 amide bonds. The lowest BCUT2D eigenvalue weighted by Crippen LogP contribution is -2.44. The van der Waals surface area contributed by atoms with Gasteiger partial charge in [0.1, 0.15) is 6.04 Å². The van der Waals surface area contributed by atoms with Crippen LogP contribution >= 0.6 is 11.3 Å². The van der Waals surface area contributed by atoms with Crippen molar-refractivity contribution in [3.63, 3.8) is 0 Å². The third-order valence-corrected chi connectivity index (χ3v) is 12.3. The lowest BCUT2D eigenvalue weighted by molar-refractivity contribution is -0.131. The Morgan fingerprint density at radius 1 is 1.08 bits per heavy atom. The second-order valence-corrected chi connectivity index (χ2v) is 16.8. The van der Waals surface area contributed by atoms with Crippen molar-refractivity contribution in [2.75, 3.05) is 33.3 Å². The average molecular weight is 732 g/mol. The van der Waals surface area contributed by atoms with Crippen molar-refractivity contribution in [3.8, 4) is 10.4 Å². The van der Waals surface area contributed by atoms with Crippen LogP contribution in [0.25, 0.3) is 10.4 Å². The van der Waals surface area contributed by atoms with Crippen LogP contribution in [0.3, 0.4) is 0 Å². The van der Waals surface area contributed by atoms with Gasteiger partial charge in [-0.1, -0.05) is 45.0 Å². The van der Waals surface area contributed by atoms with Crippen LogP contribution in [0.2, 0.25) is 0 Å². The summed E-state index contributed by atoms with van der Waals surface area (Å²) < 4.78 is 26.1. The Labute approximate surface area is 307 Å². The van der Waals surface area contributed by atoms with E-state index in [-0.39, 0.29) is 41.7 Å². The number of nitrogens with one attached hydrogen (secondary N) is 2. The number of carbonyl (C=O) groups is 3. The summed E-state index contributed by atoms with van der Waals surface area (Å²) in [6.07, 6.45) is 7.77. The van der Waals surface area contributed by atoms with E-state index in [9.17, 15) is 23.2 Å². The van der Waals surface area contributed by atoms with Crippen LogP contribution in [0.4, 0.5) is 8.78 Å². The molecule has 2 saturated heterocycles. The molecule has 3 N–H and O–H groups in total. The van der Waals surface area contributed by atoms with Crippen molar-refractivity contribution in [1.82, 2.24) is 25.4 Å². The predicted octanol–water partition coefficient (Wildman–Crippen LogP) is 6.28. The lowest BCUT2D eigenvalue weighted by Gasteiger charge is -2.44. The molecule has 3 unspecified atom stereocenters. The van der Waals surface area contributed by atoms with Crippen molar-refractivity contribution in [1.29, 1.82) is 0 Å². The molecular weight excluding hydrogens is 673 g/mol. The number of likely N-dealkylation sites (tertiary alicyclic amines) is 2. The number of aryl methyl sites for hydroxylation is 1. The summed E-state index contributed by atoms with van der Waals surface area (Å²) >= 11 is 1.63. The van der Waals surface area contributed by atoms with Crippen LogP contribution in [0.5, 0.6) is 0 Å². The van der Waals surface area contributed by atoms with Crippen molar-refractivity contribution in [2.24, 2.45) is 29.1 Å². The van der Waals surface area contributed by atoms with E-state index < -0.39 is 5.92 Å². The Balaban J connectivity index is 0.000000220. The highest BCUT2D eigenvalue weighted by Gasteiger charge is 2.57. The van der Waals surface area contributed by atoms with Gasteiger partial charge in [-0.2, -0.15) is 0 Å². The fourth-order valence-electron chi connectivity index (χ4n) is 7.36. The average Bonchev–Trinajstić information content (AvgIpc) is 3.43. The number of nitrogens with zero attached hydrogens (tertiary/aromatic N) is 3. The van der Waals surface area contributed by atoms with Gasteiger partial charge in [-0.15, -0.1) is 11.3 Å². The number of hydrogen-bond donors (Lipinski definition) is 3. The number of carbonyl (C=O) groups excluding carboxylic acids is 3. The first-order valence-corrected chi connectivity index (χ1v) is 19.4. The zero-order valence-corrected chi connectivity index (χ0v) is 32.1. The number of hydrogen-bond acceptors (Lipinski definition) is 7. The molecule has 12 heteroatoms. The second kappa shape index (κ2) is 18.2. The van der Waals surface area contributed by atoms with E-state index in [0.717, 1.165) is 80.9 Å². The summed E-state index contributed by atoms with van der Waals surface area (Å²) in [6, 6.07) is 8.01. The van der Waals surface area contributed by atoms with Gasteiger partial charge in [-0.25, -0.2) is 13.8 Å². The van der Waals surface area contributed by atoms with Gasteiger partial charge in [0, 0.05) is 51.5 Å². The fraction of sp³-hybridized carbons (Fsp3) is 0.692. The van der Waals surface area contributed by atoms with Crippen molar-refractivity contribution < 1.29 is 28.3 Å². The summed E-state index contributed by atoms with van der Waals surface area (Å²) in [6.45, 7) is 14.2. The van der Waals surface area contributed by atoms with Gasteiger partial charge >= 0.3 is 0 Å². The number of amides is 3. The van der Waals surface area contributed by atoms with Crippen LogP contribution in [0.1, 0.15) is 90.3 Å². The molecule has 9 nitrogen and oxygen atoms in total. The maximum atomic E-state index is 13.1. The molecule has 4 aliphatic rings. The highest BCUT2D eigenvalue weighted by atomic mass is 32.1. The van der Waals surface area contributed by atoms with Gasteiger partial charge in [-0.3, -0.25) is 14.4 Å². The van der Waals surface area contributed by atoms with Gasteiger partial charge in [0.2, 0.25) is 18.2 Å². The second-order valence-electron chi connectivity index (χ2n) is 15.9. The molecule has 51 heavy (non-hydrogen) atoms. The molecule has 6 rings (SSSR count). The summed E-state index contributed by atoms with van der Waals surface area (Å²) in [5.74, 6) is -0.635. The van der Waals surface area contributed by atoms with E-state index in [0.29, 0.717) is 32.0 Å². The van der Waals surface area contributed by atoms with Gasteiger partial charge in [0.15, 0.2) is 0 Å². The Kier molecular flexibility index (Phi) is 14.6. The number of alkyl halides is 2. The van der Waals surface area contributed by atoms with E-state index in [1.54, 1.807) is 16.2 Å². The highest BCUT2D eigenvalue weighted by molar-refractivity contribution is 7.13. The molecular formula is C39H59F2N5O4S. The molecule has 2 aliphatic heterocycles. The third-order valence-electron chi connectivity index (χ3n) is 11.3. The topological polar surface area (TPSA) is 115 Å². The summed E-state index contributed by atoms with van der Waals surface area (Å²) in [5, 5.41) is 13.1. The molecule has 2 aliphatic carbocycles. The molecule has 284 valence electrons. The maximum Gasteiger partial charge on any atom is 0.252 e. The zero-order chi connectivity index (χ0) is 37.3. The third kappa shape index (κ3) is 11.5. The first-order chi connectivity index (χ1) is 24.2. The molecule has 0 bridgehead atoms. The molecule has 1 aromatic carbocycles. The molecule has 1 aromatic heterocycles. The van der Waals surface area contributed by atoms with Crippen LogP contribution in [-0.2, 0) is 20.9 Å². The van der Waals surface area contributed by atoms with Crippen LogP contribution < -0.4 is 10.6 Å². The number of aliphatic hydroxyl groups is 1. The quantitative estimate of drug-likeness (QED) is 0.235. The van der Waals surface area contributed by atoms with Crippen molar-refractivity contribution in [3.05, 3.63) is 41.0 Å². The minimum atomic E-state index is -2.39. The summed E-state index contributed by atoms with van der Waals surface area (Å²) in [4.78, 5) is 44.5. The van der Waals surface area contributed by atoms with Crippen molar-refractivity contribution in [2.45, 2.75) is 111 Å². The number of aromatic nitrogens is 1. The van der Waals surface area contributed by atoms with E-state index in [1.165, 1.54) is 17.7 Å². The molecule has 0 spiro atoms. The Hall–Kier alpha value is -2.96. The smallest absolute Gasteiger partial charge is 0.252 e. The van der Waals surface area contributed by atoms with Gasteiger partial charge < -0.3 is 25.5 Å². The lowest BCUT2D eigenvalue weighted by atomic mass is 9.65. The van der Waals surface area contributed by atoms with E-state index in [4.69, 9.17) is 5.11 Å². The molecule has 0 radical (unpaired) electrons. The minimum Gasteiger partial charge on any atom is -0.400 e. The Morgan fingerprint density at radius 3 is 2.27 bits per heavy atom. The molecule has 3 heterocycles. The molecule has 2 aromatic rings. The van der Waals surface area contributed by atoms with Crippen LogP contribution in [-0.4, -0.2) is 89.4 Å². The van der Waals surface area contributed by atoms with E-state index in [2.05, 4.69) is 60.3 Å². The van der Waals surface area contributed by atoms with Gasteiger partial charge in [-0.05, 0) is 99.8 Å². The molecule has 3 atom stereocenters. The van der Waals surface area contributed by atoms with Gasteiger partial charge in [0.05, 0.1) is 16.1 Å². The number of rotatable bonds is 11. The van der Waals surface area contributed by atoms with Crippen LogP contribution in [0.15, 0.2) is 29.8 Å². The predicted molar refractivity (Wildman–Crippen MR) is 198 cm³/mol. The zero-order valence-electron chi connectivity index (χ0n) is 31.3. The number of halogens is 2. The summed E-state index contributed by atoms with van der Waals surface area (Å²) in [5.41, 5.74) is 5.16. The Morgan fingerprint density at radius 2 is 1.73 bits per heavy atom. The molecule has 2 saturated carbocycles. The molecule has 4 fully saturated rings. The normalized spacial score (nSPS) is 24.9. The van der Waals surface area contributed by atoms with E-state index in [1.807, 2.05) is 24.6 Å². The first-order valence-electron chi connectivity index (χ1n) is 18.6. The summed E-state index contributed by atoms with van der Waals surface area (Å²) in [7, 11) is 1.00.